The Bertz CT molecular complexity index is 625. The van der Waals surface area contributed by atoms with E-state index in [0.29, 0.717) is 0 Å². The summed E-state index contributed by atoms with van der Waals surface area (Å²) in [4.78, 5) is 0. The zero-order chi connectivity index (χ0) is 11.9. The summed E-state index contributed by atoms with van der Waals surface area (Å²) in [5.41, 5.74) is 7.89. The first-order valence-corrected chi connectivity index (χ1v) is 6.21. The van der Waals surface area contributed by atoms with Crippen molar-refractivity contribution in [1.82, 2.24) is 0 Å². The fraction of sp³-hybridized carbons (Fsp3) is 0. The van der Waals surface area contributed by atoms with Gasteiger partial charge in [0.05, 0.1) is 0 Å². The monoisotopic (exact) mass is 228 g/mol. The van der Waals surface area contributed by atoms with Gasteiger partial charge in [-0.3, -0.25) is 0 Å². The number of hydrogen-bond acceptors (Lipinski definition) is 0. The van der Waals surface area contributed by atoms with Crippen molar-refractivity contribution in [2.24, 2.45) is 0 Å². The highest BCUT2D eigenvalue weighted by molar-refractivity contribution is 5.83. The van der Waals surface area contributed by atoms with E-state index in [0.717, 1.165) is 0 Å². The number of fused-ring (bicyclic) bond motifs is 2. The number of hydrogen-bond donors (Lipinski definition) is 0. The third kappa shape index (κ3) is 1.46. The third-order valence-corrected chi connectivity index (χ3v) is 3.57. The van der Waals surface area contributed by atoms with E-state index in [1.54, 1.807) is 0 Å². The van der Waals surface area contributed by atoms with Crippen LogP contribution in [0.15, 0.2) is 59.7 Å². The van der Waals surface area contributed by atoms with Crippen molar-refractivity contribution in [3.63, 3.8) is 0 Å². The summed E-state index contributed by atoms with van der Waals surface area (Å²) >= 11 is 0. The molecule has 2 aliphatic rings. The molecule has 0 saturated carbocycles. The first-order chi connectivity index (χ1) is 8.90. The van der Waals surface area contributed by atoms with Crippen LogP contribution < -0.4 is 0 Å². The predicted octanol–water partition coefficient (Wildman–Crippen LogP) is 4.29. The number of rotatable bonds is 1. The van der Waals surface area contributed by atoms with E-state index in [4.69, 9.17) is 0 Å². The SMILES string of the molecule is [CH]1C(C2=Cc3ccccc3[CH]2)=Cc2ccccc21. The Morgan fingerprint density at radius 2 is 0.833 bits per heavy atom. The van der Waals surface area contributed by atoms with Gasteiger partial charge in [-0.25, -0.2) is 0 Å². The third-order valence-electron chi connectivity index (χ3n) is 3.57. The van der Waals surface area contributed by atoms with Crippen LogP contribution in [0.2, 0.25) is 0 Å². The molecule has 0 aliphatic heterocycles. The molecular formula is C18H12. The van der Waals surface area contributed by atoms with Gasteiger partial charge in [-0.1, -0.05) is 60.7 Å². The topological polar surface area (TPSA) is 0 Å². The molecule has 0 saturated heterocycles. The van der Waals surface area contributed by atoms with Crippen molar-refractivity contribution >= 4 is 12.2 Å². The molecule has 2 aromatic rings. The highest BCUT2D eigenvalue weighted by Gasteiger charge is 2.20. The predicted molar refractivity (Wildman–Crippen MR) is 75.6 cm³/mol. The van der Waals surface area contributed by atoms with Gasteiger partial charge in [0.2, 0.25) is 0 Å². The maximum absolute atomic E-state index is 2.27. The van der Waals surface area contributed by atoms with Crippen molar-refractivity contribution in [2.75, 3.05) is 0 Å². The van der Waals surface area contributed by atoms with Gasteiger partial charge in [-0.05, 0) is 33.4 Å². The summed E-state index contributed by atoms with van der Waals surface area (Å²) in [5.74, 6) is 0. The highest BCUT2D eigenvalue weighted by Crippen LogP contribution is 2.37. The molecule has 18 heavy (non-hydrogen) atoms. The smallest absolute Gasteiger partial charge is 0.0208 e. The minimum Gasteiger partial charge on any atom is -0.0619 e. The Hall–Kier alpha value is -2.08. The molecule has 0 bridgehead atoms. The lowest BCUT2D eigenvalue weighted by atomic mass is 10.0. The average Bonchev–Trinajstić information content (AvgIpc) is 3.02. The molecule has 0 spiro atoms. The average molecular weight is 228 g/mol. The second kappa shape index (κ2) is 3.71. The zero-order valence-electron chi connectivity index (χ0n) is 9.93. The molecular weight excluding hydrogens is 216 g/mol. The van der Waals surface area contributed by atoms with E-state index in [1.807, 2.05) is 0 Å². The molecule has 0 atom stereocenters. The van der Waals surface area contributed by atoms with E-state index >= 15 is 0 Å². The lowest BCUT2D eigenvalue weighted by Gasteiger charge is -2.01. The summed E-state index contributed by atoms with van der Waals surface area (Å²) in [5, 5.41) is 0. The second-order valence-corrected chi connectivity index (χ2v) is 4.75. The molecule has 0 heteroatoms. The van der Waals surface area contributed by atoms with Gasteiger partial charge in [0.1, 0.15) is 0 Å². The van der Waals surface area contributed by atoms with E-state index in [2.05, 4.69) is 73.5 Å². The van der Waals surface area contributed by atoms with E-state index < -0.39 is 0 Å². The summed E-state index contributed by atoms with van der Waals surface area (Å²) in [6.07, 6.45) is 9.07. The van der Waals surface area contributed by atoms with Crippen LogP contribution in [0.4, 0.5) is 0 Å². The quantitative estimate of drug-likeness (QED) is 0.683. The molecule has 4 rings (SSSR count). The van der Waals surface area contributed by atoms with Crippen LogP contribution in [-0.2, 0) is 0 Å². The summed E-state index contributed by atoms with van der Waals surface area (Å²) in [6.45, 7) is 0. The number of allylic oxidation sites excluding steroid dienone is 2. The molecule has 0 aromatic heterocycles. The van der Waals surface area contributed by atoms with Crippen LogP contribution in [0, 0.1) is 12.8 Å². The molecule has 0 fully saturated rings. The molecule has 84 valence electrons. The highest BCUT2D eigenvalue weighted by atomic mass is 14.2. The Labute approximate surface area is 107 Å². The van der Waals surface area contributed by atoms with Crippen LogP contribution in [0.5, 0.6) is 0 Å². The van der Waals surface area contributed by atoms with Crippen LogP contribution in [-0.4, -0.2) is 0 Å². The van der Waals surface area contributed by atoms with Crippen molar-refractivity contribution in [1.29, 1.82) is 0 Å². The second-order valence-electron chi connectivity index (χ2n) is 4.75. The van der Waals surface area contributed by atoms with Gasteiger partial charge in [-0.2, -0.15) is 0 Å². The first-order valence-electron chi connectivity index (χ1n) is 6.21. The fourth-order valence-corrected chi connectivity index (χ4v) is 2.63. The van der Waals surface area contributed by atoms with Crippen LogP contribution in [0.3, 0.4) is 0 Å². The Morgan fingerprint density at radius 3 is 1.22 bits per heavy atom. The number of benzene rings is 2. The molecule has 0 heterocycles. The molecule has 2 radical (unpaired) electrons. The van der Waals surface area contributed by atoms with E-state index in [9.17, 15) is 0 Å². The van der Waals surface area contributed by atoms with Gasteiger partial charge >= 0.3 is 0 Å². The maximum atomic E-state index is 2.27. The lowest BCUT2D eigenvalue weighted by molar-refractivity contribution is 1.43. The van der Waals surface area contributed by atoms with Crippen LogP contribution >= 0.6 is 0 Å². The van der Waals surface area contributed by atoms with Crippen LogP contribution in [0.25, 0.3) is 12.2 Å². The zero-order valence-corrected chi connectivity index (χ0v) is 9.93. The molecule has 0 amide bonds. The largest absolute Gasteiger partial charge is 0.0619 e. The summed E-state index contributed by atoms with van der Waals surface area (Å²) in [6, 6.07) is 17.0. The molecule has 0 nitrogen and oxygen atoms in total. The minimum absolute atomic E-state index is 1.31. The van der Waals surface area contributed by atoms with E-state index in [-0.39, 0.29) is 0 Å². The summed E-state index contributed by atoms with van der Waals surface area (Å²) < 4.78 is 0. The molecule has 0 N–H and O–H groups in total. The van der Waals surface area contributed by atoms with Crippen molar-refractivity contribution < 1.29 is 0 Å². The van der Waals surface area contributed by atoms with Crippen molar-refractivity contribution in [2.45, 2.75) is 0 Å². The van der Waals surface area contributed by atoms with Crippen molar-refractivity contribution in [3.05, 3.63) is 94.8 Å². The normalized spacial score (nSPS) is 16.0. The molecule has 0 unspecified atom stereocenters. The van der Waals surface area contributed by atoms with Gasteiger partial charge < -0.3 is 0 Å². The Kier molecular flexibility index (Phi) is 2.04. The van der Waals surface area contributed by atoms with Crippen molar-refractivity contribution in [3.8, 4) is 0 Å². The van der Waals surface area contributed by atoms with Gasteiger partial charge in [-0.15, -0.1) is 0 Å². The van der Waals surface area contributed by atoms with Gasteiger partial charge in [0.15, 0.2) is 0 Å². The van der Waals surface area contributed by atoms with E-state index in [1.165, 1.54) is 33.4 Å². The maximum Gasteiger partial charge on any atom is 0.0208 e. The first kappa shape index (κ1) is 9.90. The summed E-state index contributed by atoms with van der Waals surface area (Å²) in [7, 11) is 0. The van der Waals surface area contributed by atoms with Gasteiger partial charge in [0, 0.05) is 12.8 Å². The van der Waals surface area contributed by atoms with Crippen LogP contribution in [0.1, 0.15) is 22.3 Å². The standard InChI is InChI=1S/C18H12/c1-2-6-14-10-17(9-13(14)5-1)18-11-15-7-3-4-8-16(15)12-18/h1-12H. The fourth-order valence-electron chi connectivity index (χ4n) is 2.63. The van der Waals surface area contributed by atoms with Gasteiger partial charge in [0.25, 0.3) is 0 Å². The Morgan fingerprint density at radius 1 is 0.444 bits per heavy atom. The lowest BCUT2D eigenvalue weighted by Crippen LogP contribution is -1.86. The minimum atomic E-state index is 1.31. The Balaban J connectivity index is 1.70. The molecule has 2 aliphatic carbocycles. The molecule has 2 aromatic carbocycles.